The Morgan fingerprint density at radius 2 is 1.93 bits per heavy atom. The molecule has 5 nitrogen and oxygen atoms in total. The summed E-state index contributed by atoms with van der Waals surface area (Å²) in [4.78, 5) is 12.5. The lowest BCUT2D eigenvalue weighted by molar-refractivity contribution is -0.252. The Morgan fingerprint density at radius 1 is 1.21 bits per heavy atom. The van der Waals surface area contributed by atoms with Gasteiger partial charge in [0.15, 0.2) is 6.29 Å². The van der Waals surface area contributed by atoms with Crippen molar-refractivity contribution in [2.24, 2.45) is 16.7 Å². The number of hydrogen-bond donors (Lipinski definition) is 1. The molecule has 5 heteroatoms. The number of allylic oxidation sites excluding steroid dienone is 5. The molecule has 0 amide bonds. The molecule has 1 N–H and O–H groups in total. The normalized spacial score (nSPS) is 39.0. The van der Waals surface area contributed by atoms with Crippen molar-refractivity contribution >= 4 is 5.97 Å². The van der Waals surface area contributed by atoms with Gasteiger partial charge in [0.2, 0.25) is 0 Å². The van der Waals surface area contributed by atoms with Crippen molar-refractivity contribution in [2.75, 3.05) is 13.7 Å². The van der Waals surface area contributed by atoms with Crippen LogP contribution in [0.2, 0.25) is 0 Å². The van der Waals surface area contributed by atoms with Gasteiger partial charge in [-0.25, -0.2) is 4.79 Å². The highest BCUT2D eigenvalue weighted by Gasteiger charge is 2.68. The molecule has 0 bridgehead atoms. The number of esters is 1. The van der Waals surface area contributed by atoms with Gasteiger partial charge in [-0.1, -0.05) is 57.6 Å². The van der Waals surface area contributed by atoms with E-state index in [0.717, 1.165) is 24.8 Å². The number of fused-ring (bicyclic) bond motifs is 3. The molecule has 1 heterocycles. The van der Waals surface area contributed by atoms with Gasteiger partial charge >= 0.3 is 5.97 Å². The molecule has 160 valence electrons. The van der Waals surface area contributed by atoms with E-state index >= 15 is 0 Å². The third-order valence-corrected chi connectivity index (χ3v) is 7.06. The van der Waals surface area contributed by atoms with Crippen LogP contribution >= 0.6 is 0 Å². The minimum absolute atomic E-state index is 0.0484. The van der Waals surface area contributed by atoms with Gasteiger partial charge in [-0.05, 0) is 36.8 Å². The fourth-order valence-electron chi connectivity index (χ4n) is 5.86. The summed E-state index contributed by atoms with van der Waals surface area (Å²) in [6.07, 6.45) is 14.2. The largest absolute Gasteiger partial charge is 0.455 e. The second-order valence-corrected chi connectivity index (χ2v) is 9.25. The van der Waals surface area contributed by atoms with Crippen LogP contribution in [0.4, 0.5) is 0 Å². The van der Waals surface area contributed by atoms with Crippen molar-refractivity contribution < 1.29 is 24.1 Å². The fourth-order valence-corrected chi connectivity index (χ4v) is 5.86. The van der Waals surface area contributed by atoms with E-state index in [9.17, 15) is 9.90 Å². The van der Waals surface area contributed by atoms with Gasteiger partial charge in [0.05, 0.1) is 6.61 Å². The Kier molecular flexibility index (Phi) is 6.23. The molecule has 0 unspecified atom stereocenters. The monoisotopic (exact) mass is 402 g/mol. The molecule has 3 rings (SSSR count). The Bertz CT molecular complexity index is 746. The lowest BCUT2D eigenvalue weighted by atomic mass is 9.46. The molecule has 5 atom stereocenters. The molecule has 1 aliphatic heterocycles. The van der Waals surface area contributed by atoms with Gasteiger partial charge in [-0.15, -0.1) is 0 Å². The van der Waals surface area contributed by atoms with Gasteiger partial charge in [0, 0.05) is 24.5 Å². The van der Waals surface area contributed by atoms with Crippen LogP contribution < -0.4 is 0 Å². The maximum Gasteiger partial charge on any atom is 0.331 e. The molecule has 2 aliphatic carbocycles. The molecule has 29 heavy (non-hydrogen) atoms. The van der Waals surface area contributed by atoms with Crippen molar-refractivity contribution in [1.29, 1.82) is 0 Å². The molecule has 2 fully saturated rings. The smallest absolute Gasteiger partial charge is 0.331 e. The van der Waals surface area contributed by atoms with E-state index in [1.807, 2.05) is 31.2 Å². The highest BCUT2D eigenvalue weighted by molar-refractivity contribution is 5.82. The first-order valence-electron chi connectivity index (χ1n) is 10.5. The number of ether oxygens (including phenoxy) is 3. The number of hydrogen-bond acceptors (Lipinski definition) is 5. The first-order chi connectivity index (χ1) is 13.7. The average molecular weight is 403 g/mol. The maximum absolute atomic E-state index is 12.5. The Balaban J connectivity index is 1.94. The van der Waals surface area contributed by atoms with E-state index in [1.165, 1.54) is 6.08 Å². The molecule has 0 spiro atoms. The lowest BCUT2D eigenvalue weighted by Gasteiger charge is -2.61. The molecule has 1 saturated carbocycles. The summed E-state index contributed by atoms with van der Waals surface area (Å²) in [5, 5.41) is 11.8. The summed E-state index contributed by atoms with van der Waals surface area (Å²) in [6.45, 7) is 8.72. The molecular formula is C24H34O5. The van der Waals surface area contributed by atoms with E-state index in [-0.39, 0.29) is 23.9 Å². The zero-order chi connectivity index (χ0) is 21.3. The second-order valence-electron chi connectivity index (χ2n) is 9.25. The SMILES string of the molecule is C/C=C/C=C/C=C/C(=O)O[C@@H]1C=C2CO[C@@H](OC)[C@]2(O)[C@@]2(C)CCCC(C)(C)[C@H]12. The predicted octanol–water partition coefficient (Wildman–Crippen LogP) is 4.09. The zero-order valence-electron chi connectivity index (χ0n) is 18.2. The third kappa shape index (κ3) is 3.65. The minimum Gasteiger partial charge on any atom is -0.455 e. The van der Waals surface area contributed by atoms with Crippen LogP contribution in [0.3, 0.4) is 0 Å². The molecule has 0 radical (unpaired) electrons. The van der Waals surface area contributed by atoms with Crippen LogP contribution in [0.15, 0.2) is 48.1 Å². The number of methoxy groups -OCH3 is 1. The third-order valence-electron chi connectivity index (χ3n) is 7.06. The van der Waals surface area contributed by atoms with Crippen LogP contribution in [-0.4, -0.2) is 42.8 Å². The minimum atomic E-state index is -1.21. The molecule has 1 saturated heterocycles. The number of rotatable bonds is 5. The summed E-state index contributed by atoms with van der Waals surface area (Å²) in [6, 6.07) is 0. The zero-order valence-corrected chi connectivity index (χ0v) is 18.2. The highest BCUT2D eigenvalue weighted by Crippen LogP contribution is 2.64. The van der Waals surface area contributed by atoms with Crippen molar-refractivity contribution in [2.45, 2.75) is 65.0 Å². The fraction of sp³-hybridized carbons (Fsp3) is 0.625. The first kappa shape index (κ1) is 22.0. The number of aliphatic hydroxyl groups is 1. The van der Waals surface area contributed by atoms with E-state index in [1.54, 1.807) is 19.3 Å². The van der Waals surface area contributed by atoms with Crippen LogP contribution in [0, 0.1) is 16.7 Å². The van der Waals surface area contributed by atoms with E-state index in [0.29, 0.717) is 0 Å². The van der Waals surface area contributed by atoms with Gasteiger partial charge in [-0.3, -0.25) is 0 Å². The van der Waals surface area contributed by atoms with E-state index in [4.69, 9.17) is 14.2 Å². The number of carbonyl (C=O) groups is 1. The summed E-state index contributed by atoms with van der Waals surface area (Å²) in [7, 11) is 1.57. The highest BCUT2D eigenvalue weighted by atomic mass is 16.7. The summed E-state index contributed by atoms with van der Waals surface area (Å²) >= 11 is 0. The maximum atomic E-state index is 12.5. The molecule has 0 aromatic heterocycles. The Labute approximate surface area is 174 Å². The topological polar surface area (TPSA) is 65.0 Å². The second kappa shape index (κ2) is 8.21. The lowest BCUT2D eigenvalue weighted by Crippen LogP contribution is -2.66. The summed E-state index contributed by atoms with van der Waals surface area (Å²) in [5.74, 6) is -0.430. The number of carbonyl (C=O) groups excluding carboxylic acids is 1. The standard InChI is InChI=1S/C24H34O5/c1-6-7-8-9-10-12-19(25)29-18-15-17-16-28-21(27-5)24(17,26)23(4)14-11-13-22(2,3)20(18)23/h6-10,12,15,18,20-21,26H,11,13-14,16H2,1-5H3/b7-6+,9-8+,12-10+/t18-,20+,21-,23+,24+/m1/s1. The summed E-state index contributed by atoms with van der Waals surface area (Å²) < 4.78 is 17.2. The van der Waals surface area contributed by atoms with Crippen molar-refractivity contribution in [3.63, 3.8) is 0 Å². The summed E-state index contributed by atoms with van der Waals surface area (Å²) in [5.41, 5.74) is -1.07. The van der Waals surface area contributed by atoms with E-state index in [2.05, 4.69) is 20.8 Å². The first-order valence-corrected chi connectivity index (χ1v) is 10.5. The van der Waals surface area contributed by atoms with Crippen LogP contribution in [0.1, 0.15) is 47.0 Å². The van der Waals surface area contributed by atoms with Gasteiger partial charge in [0.25, 0.3) is 0 Å². The molecule has 0 aromatic carbocycles. The average Bonchev–Trinajstić information content (AvgIpc) is 2.98. The van der Waals surface area contributed by atoms with E-state index < -0.39 is 23.4 Å². The van der Waals surface area contributed by atoms with Crippen LogP contribution in [0.5, 0.6) is 0 Å². The van der Waals surface area contributed by atoms with Crippen LogP contribution in [-0.2, 0) is 19.0 Å². The Hall–Kier alpha value is -1.69. The van der Waals surface area contributed by atoms with Crippen molar-refractivity contribution in [3.8, 4) is 0 Å². The van der Waals surface area contributed by atoms with Gasteiger partial charge in [-0.2, -0.15) is 0 Å². The van der Waals surface area contributed by atoms with Gasteiger partial charge < -0.3 is 19.3 Å². The Morgan fingerprint density at radius 3 is 2.62 bits per heavy atom. The van der Waals surface area contributed by atoms with Crippen molar-refractivity contribution in [3.05, 3.63) is 48.1 Å². The van der Waals surface area contributed by atoms with Crippen molar-refractivity contribution in [1.82, 2.24) is 0 Å². The molecule has 3 aliphatic rings. The molecular weight excluding hydrogens is 368 g/mol. The molecule has 0 aromatic rings. The van der Waals surface area contributed by atoms with Crippen LogP contribution in [0.25, 0.3) is 0 Å². The quantitative estimate of drug-likeness (QED) is 0.325. The predicted molar refractivity (Wildman–Crippen MR) is 112 cm³/mol. The van der Waals surface area contributed by atoms with Gasteiger partial charge in [0.1, 0.15) is 11.7 Å².